The number of hydrogen-bond acceptors (Lipinski definition) is 3. The number of nitrogens with one attached hydrogen (secondary N) is 1. The number of nitrogens with zero attached hydrogens (tertiary/aromatic N) is 1. The van der Waals surface area contributed by atoms with E-state index in [2.05, 4.69) is 5.32 Å². The van der Waals surface area contributed by atoms with E-state index in [9.17, 15) is 9.59 Å². The highest BCUT2D eigenvalue weighted by atomic mass is 35.5. The van der Waals surface area contributed by atoms with Crippen LogP contribution in [0.25, 0.3) is 0 Å². The molecule has 0 aromatic heterocycles. The van der Waals surface area contributed by atoms with Crippen LogP contribution in [0.2, 0.25) is 5.02 Å². The fourth-order valence-electron chi connectivity index (χ4n) is 2.77. The molecule has 0 aliphatic carbocycles. The van der Waals surface area contributed by atoms with Crippen molar-refractivity contribution >= 4 is 23.4 Å². The third-order valence-corrected chi connectivity index (χ3v) is 5.04. The van der Waals surface area contributed by atoms with Crippen molar-refractivity contribution in [3.8, 4) is 5.75 Å². The van der Waals surface area contributed by atoms with E-state index in [0.717, 1.165) is 17.5 Å². The Morgan fingerprint density at radius 3 is 2.45 bits per heavy atom. The molecule has 0 radical (unpaired) electrons. The van der Waals surface area contributed by atoms with E-state index >= 15 is 0 Å². The van der Waals surface area contributed by atoms with Gasteiger partial charge in [0.25, 0.3) is 5.91 Å². The van der Waals surface area contributed by atoms with Crippen molar-refractivity contribution in [2.45, 2.75) is 52.7 Å². The predicted molar refractivity (Wildman–Crippen MR) is 116 cm³/mol. The van der Waals surface area contributed by atoms with Gasteiger partial charge >= 0.3 is 0 Å². The van der Waals surface area contributed by atoms with Crippen molar-refractivity contribution in [1.82, 2.24) is 10.2 Å². The summed E-state index contributed by atoms with van der Waals surface area (Å²) >= 11 is 5.96. The Labute approximate surface area is 178 Å². The van der Waals surface area contributed by atoms with Crippen LogP contribution < -0.4 is 10.1 Å². The molecule has 2 amide bonds. The first-order valence-electron chi connectivity index (χ1n) is 9.84. The van der Waals surface area contributed by atoms with Crippen molar-refractivity contribution in [3.05, 3.63) is 64.7 Å². The van der Waals surface area contributed by atoms with Crippen LogP contribution in [0.4, 0.5) is 0 Å². The number of aryl methyl sites for hydroxylation is 1. The lowest BCUT2D eigenvalue weighted by Crippen LogP contribution is -2.50. The summed E-state index contributed by atoms with van der Waals surface area (Å²) in [5, 5.41) is 3.57. The van der Waals surface area contributed by atoms with Crippen molar-refractivity contribution in [2.75, 3.05) is 6.61 Å². The maximum absolute atomic E-state index is 13.0. The highest BCUT2D eigenvalue weighted by Gasteiger charge is 2.27. The molecule has 0 aliphatic heterocycles. The summed E-state index contributed by atoms with van der Waals surface area (Å²) in [4.78, 5) is 27.2. The molecule has 0 saturated heterocycles. The topological polar surface area (TPSA) is 58.6 Å². The van der Waals surface area contributed by atoms with E-state index in [1.165, 1.54) is 4.90 Å². The van der Waals surface area contributed by atoms with Gasteiger partial charge in [-0.3, -0.25) is 9.59 Å². The molecule has 2 aromatic rings. The summed E-state index contributed by atoms with van der Waals surface area (Å²) < 4.78 is 5.67. The second-order valence-electron chi connectivity index (χ2n) is 7.25. The van der Waals surface area contributed by atoms with Crippen LogP contribution in [0.3, 0.4) is 0 Å². The van der Waals surface area contributed by atoms with E-state index in [-0.39, 0.29) is 24.5 Å². The Hall–Kier alpha value is -2.53. The summed E-state index contributed by atoms with van der Waals surface area (Å²) in [7, 11) is 0. The second-order valence-corrected chi connectivity index (χ2v) is 7.68. The van der Waals surface area contributed by atoms with Gasteiger partial charge in [0.2, 0.25) is 5.91 Å². The van der Waals surface area contributed by atoms with Gasteiger partial charge in [0, 0.05) is 17.6 Å². The Kier molecular flexibility index (Phi) is 8.52. The Morgan fingerprint density at radius 1 is 1.14 bits per heavy atom. The maximum Gasteiger partial charge on any atom is 0.261 e. The summed E-state index contributed by atoms with van der Waals surface area (Å²) in [5.41, 5.74) is 1.94. The van der Waals surface area contributed by atoms with Crippen molar-refractivity contribution in [3.63, 3.8) is 0 Å². The number of hydrogen-bond donors (Lipinski definition) is 1. The monoisotopic (exact) mass is 416 g/mol. The molecule has 5 nitrogen and oxygen atoms in total. The van der Waals surface area contributed by atoms with E-state index in [0.29, 0.717) is 17.3 Å². The first-order valence-corrected chi connectivity index (χ1v) is 10.2. The minimum Gasteiger partial charge on any atom is -0.484 e. The fraction of sp³-hybridized carbons (Fsp3) is 0.391. The van der Waals surface area contributed by atoms with Gasteiger partial charge in [-0.25, -0.2) is 0 Å². The average molecular weight is 417 g/mol. The standard InChI is InChI=1S/C23H29ClN2O3/c1-5-17(3)25-23(28)18(4)26(14-19-9-11-20(24)12-10-19)22(27)15-29-21-8-6-7-16(2)13-21/h6-13,17-18H,5,14-15H2,1-4H3,(H,25,28)/t17-,18-/m1/s1. The molecule has 0 aliphatic rings. The van der Waals surface area contributed by atoms with Crippen LogP contribution in [-0.4, -0.2) is 35.4 Å². The fourth-order valence-corrected chi connectivity index (χ4v) is 2.89. The highest BCUT2D eigenvalue weighted by Crippen LogP contribution is 2.16. The van der Waals surface area contributed by atoms with Crippen molar-refractivity contribution in [1.29, 1.82) is 0 Å². The van der Waals surface area contributed by atoms with Crippen LogP contribution in [0.15, 0.2) is 48.5 Å². The molecule has 1 N–H and O–H groups in total. The summed E-state index contributed by atoms with van der Waals surface area (Å²) in [6.45, 7) is 7.79. The van der Waals surface area contributed by atoms with Gasteiger partial charge in [-0.15, -0.1) is 0 Å². The summed E-state index contributed by atoms with van der Waals surface area (Å²) in [5.74, 6) is 0.187. The zero-order valence-corrected chi connectivity index (χ0v) is 18.2. The van der Waals surface area contributed by atoms with Gasteiger partial charge in [-0.05, 0) is 62.6 Å². The van der Waals surface area contributed by atoms with Crippen LogP contribution in [0.5, 0.6) is 5.75 Å². The number of ether oxygens (including phenoxy) is 1. The number of halogens is 1. The highest BCUT2D eigenvalue weighted by molar-refractivity contribution is 6.30. The zero-order chi connectivity index (χ0) is 21.4. The Morgan fingerprint density at radius 2 is 1.83 bits per heavy atom. The second kappa shape index (κ2) is 10.9. The third kappa shape index (κ3) is 7.09. The molecule has 0 spiro atoms. The van der Waals surface area contributed by atoms with Crippen LogP contribution in [0.1, 0.15) is 38.3 Å². The molecular formula is C23H29ClN2O3. The minimum absolute atomic E-state index is 0.0426. The molecule has 0 heterocycles. The van der Waals surface area contributed by atoms with Crippen molar-refractivity contribution in [2.24, 2.45) is 0 Å². The lowest BCUT2D eigenvalue weighted by atomic mass is 10.1. The van der Waals surface area contributed by atoms with Crippen LogP contribution >= 0.6 is 11.6 Å². The van der Waals surface area contributed by atoms with Crippen LogP contribution in [-0.2, 0) is 16.1 Å². The largest absolute Gasteiger partial charge is 0.484 e. The quantitative estimate of drug-likeness (QED) is 0.660. The van der Waals surface area contributed by atoms with Gasteiger partial charge in [0.1, 0.15) is 11.8 Å². The predicted octanol–water partition coefficient (Wildman–Crippen LogP) is 4.36. The number of carbonyl (C=O) groups is 2. The third-order valence-electron chi connectivity index (χ3n) is 4.79. The van der Waals surface area contributed by atoms with E-state index in [1.54, 1.807) is 19.1 Å². The molecule has 2 aromatic carbocycles. The zero-order valence-electron chi connectivity index (χ0n) is 17.4. The number of amides is 2. The minimum atomic E-state index is -0.631. The van der Waals surface area contributed by atoms with Crippen molar-refractivity contribution < 1.29 is 14.3 Å². The molecule has 2 rings (SSSR count). The van der Waals surface area contributed by atoms with E-state index in [4.69, 9.17) is 16.3 Å². The molecule has 156 valence electrons. The number of benzene rings is 2. The van der Waals surface area contributed by atoms with Gasteiger partial charge in [0.15, 0.2) is 6.61 Å². The normalized spacial score (nSPS) is 12.7. The van der Waals surface area contributed by atoms with Gasteiger partial charge in [-0.2, -0.15) is 0 Å². The molecule has 0 unspecified atom stereocenters. The molecule has 2 atom stereocenters. The Bertz CT molecular complexity index is 823. The summed E-state index contributed by atoms with van der Waals surface area (Å²) in [6.07, 6.45) is 0.820. The van der Waals surface area contributed by atoms with Gasteiger partial charge in [0.05, 0.1) is 0 Å². The first-order chi connectivity index (χ1) is 13.8. The van der Waals surface area contributed by atoms with Gasteiger partial charge < -0.3 is 15.0 Å². The maximum atomic E-state index is 13.0. The molecule has 6 heteroatoms. The average Bonchev–Trinajstić information content (AvgIpc) is 2.71. The summed E-state index contributed by atoms with van der Waals surface area (Å²) in [6, 6.07) is 14.2. The Balaban J connectivity index is 2.14. The van der Waals surface area contributed by atoms with E-state index < -0.39 is 6.04 Å². The van der Waals surface area contributed by atoms with Crippen LogP contribution in [0, 0.1) is 6.92 Å². The SMILES string of the molecule is CC[C@@H](C)NC(=O)[C@@H](C)N(Cc1ccc(Cl)cc1)C(=O)COc1cccc(C)c1. The molecule has 0 bridgehead atoms. The molecule has 0 fully saturated rings. The lowest BCUT2D eigenvalue weighted by molar-refractivity contribution is -0.142. The lowest BCUT2D eigenvalue weighted by Gasteiger charge is -2.29. The van der Waals surface area contributed by atoms with Gasteiger partial charge in [-0.1, -0.05) is 42.8 Å². The first kappa shape index (κ1) is 22.8. The number of rotatable bonds is 9. The molecular weight excluding hydrogens is 388 g/mol. The molecule has 29 heavy (non-hydrogen) atoms. The number of carbonyl (C=O) groups excluding carboxylic acids is 2. The van der Waals surface area contributed by atoms with E-state index in [1.807, 2.05) is 57.2 Å². The smallest absolute Gasteiger partial charge is 0.261 e. The molecule has 0 saturated carbocycles.